The van der Waals surface area contributed by atoms with Gasteiger partial charge in [0, 0.05) is 30.7 Å². The molecule has 4 aromatic heterocycles. The van der Waals surface area contributed by atoms with Gasteiger partial charge in [-0.05, 0) is 24.3 Å². The summed E-state index contributed by atoms with van der Waals surface area (Å²) in [5.41, 5.74) is 2.60. The van der Waals surface area contributed by atoms with Gasteiger partial charge in [-0.15, -0.1) is 0 Å². The van der Waals surface area contributed by atoms with Gasteiger partial charge in [0.15, 0.2) is 5.65 Å². The van der Waals surface area contributed by atoms with E-state index in [0.717, 1.165) is 22.4 Å². The molecule has 0 saturated carbocycles. The second-order valence-electron chi connectivity index (χ2n) is 6.11. The predicted molar refractivity (Wildman–Crippen MR) is 92.1 cm³/mol. The minimum Gasteiger partial charge on any atom is -0.441 e. The first-order valence-electron chi connectivity index (χ1n) is 8.26. The minimum absolute atomic E-state index is 0.127. The topological polar surface area (TPSA) is 101 Å². The standard InChI is InChI=1S/C18H14N6O2/c25-18(13-4-3-11-9-20-23-16(11)21-13)24-7-5-15-14(10-24)22-17(26-15)12-2-1-6-19-8-12/h1-4,6,8-9H,5,7,10H2,(H,20,21,23). The first-order chi connectivity index (χ1) is 12.8. The van der Waals surface area contributed by atoms with Gasteiger partial charge in [0.2, 0.25) is 5.89 Å². The summed E-state index contributed by atoms with van der Waals surface area (Å²) in [5, 5.41) is 7.60. The molecule has 128 valence electrons. The molecule has 0 aliphatic carbocycles. The van der Waals surface area contributed by atoms with Crippen LogP contribution in [0.1, 0.15) is 21.9 Å². The van der Waals surface area contributed by atoms with Gasteiger partial charge in [0.05, 0.1) is 18.3 Å². The van der Waals surface area contributed by atoms with Crippen LogP contribution in [0.4, 0.5) is 0 Å². The predicted octanol–water partition coefficient (Wildman–Crippen LogP) is 2.21. The molecule has 0 atom stereocenters. The summed E-state index contributed by atoms with van der Waals surface area (Å²) in [6.45, 7) is 0.969. The Bertz CT molecular complexity index is 1100. The van der Waals surface area contributed by atoms with Crippen LogP contribution in [-0.4, -0.2) is 42.5 Å². The van der Waals surface area contributed by atoms with E-state index in [9.17, 15) is 4.79 Å². The number of nitrogens with one attached hydrogen (secondary N) is 1. The Morgan fingerprint density at radius 2 is 2.15 bits per heavy atom. The average molecular weight is 346 g/mol. The second kappa shape index (κ2) is 5.76. The summed E-state index contributed by atoms with van der Waals surface area (Å²) in [6, 6.07) is 7.30. The lowest BCUT2D eigenvalue weighted by Gasteiger charge is -2.24. The molecular weight excluding hydrogens is 332 g/mol. The first-order valence-corrected chi connectivity index (χ1v) is 8.26. The molecule has 0 fully saturated rings. The van der Waals surface area contributed by atoms with Crippen molar-refractivity contribution in [1.29, 1.82) is 0 Å². The molecule has 0 saturated heterocycles. The highest BCUT2D eigenvalue weighted by Crippen LogP contribution is 2.26. The number of oxazole rings is 1. The van der Waals surface area contributed by atoms with Crippen LogP contribution >= 0.6 is 0 Å². The fourth-order valence-corrected chi connectivity index (χ4v) is 3.09. The largest absolute Gasteiger partial charge is 0.441 e. The van der Waals surface area contributed by atoms with Crippen molar-refractivity contribution in [2.75, 3.05) is 6.54 Å². The molecule has 1 N–H and O–H groups in total. The monoisotopic (exact) mass is 346 g/mol. The molecule has 8 nitrogen and oxygen atoms in total. The quantitative estimate of drug-likeness (QED) is 0.597. The van der Waals surface area contributed by atoms with Crippen LogP contribution in [0.15, 0.2) is 47.3 Å². The molecule has 4 aromatic rings. The van der Waals surface area contributed by atoms with E-state index in [0.29, 0.717) is 36.7 Å². The lowest BCUT2D eigenvalue weighted by molar-refractivity contribution is 0.0722. The van der Waals surface area contributed by atoms with Crippen LogP contribution in [0.2, 0.25) is 0 Å². The molecule has 0 radical (unpaired) electrons. The molecule has 0 bridgehead atoms. The lowest BCUT2D eigenvalue weighted by atomic mass is 10.1. The van der Waals surface area contributed by atoms with E-state index in [2.05, 4.69) is 25.1 Å². The van der Waals surface area contributed by atoms with E-state index in [1.165, 1.54) is 0 Å². The highest BCUT2D eigenvalue weighted by atomic mass is 16.4. The number of H-pyrrole nitrogens is 1. The van der Waals surface area contributed by atoms with Crippen LogP contribution in [0.5, 0.6) is 0 Å². The SMILES string of the molecule is O=C(c1ccc2cn[nH]c2n1)N1CCc2oc(-c3cccnc3)nc2C1. The summed E-state index contributed by atoms with van der Waals surface area (Å²) in [4.78, 5) is 27.6. The summed E-state index contributed by atoms with van der Waals surface area (Å²) in [5.74, 6) is 1.23. The summed E-state index contributed by atoms with van der Waals surface area (Å²) in [6.07, 6.45) is 5.72. The van der Waals surface area contributed by atoms with Crippen molar-refractivity contribution in [3.63, 3.8) is 0 Å². The molecule has 0 unspecified atom stereocenters. The Balaban J connectivity index is 1.41. The number of rotatable bonds is 2. The Morgan fingerprint density at radius 3 is 3.04 bits per heavy atom. The van der Waals surface area contributed by atoms with Gasteiger partial charge in [-0.2, -0.15) is 5.10 Å². The summed E-state index contributed by atoms with van der Waals surface area (Å²) >= 11 is 0. The summed E-state index contributed by atoms with van der Waals surface area (Å²) < 4.78 is 5.86. The van der Waals surface area contributed by atoms with Crippen LogP contribution < -0.4 is 0 Å². The molecule has 1 aliphatic rings. The molecule has 0 spiro atoms. The highest BCUT2D eigenvalue weighted by Gasteiger charge is 2.27. The van der Waals surface area contributed by atoms with Crippen molar-refractivity contribution in [1.82, 2.24) is 30.0 Å². The number of aromatic nitrogens is 5. The number of fused-ring (bicyclic) bond motifs is 2. The number of pyridine rings is 2. The molecule has 1 aliphatic heterocycles. The van der Waals surface area contributed by atoms with Gasteiger partial charge < -0.3 is 9.32 Å². The average Bonchev–Trinajstić information content (AvgIpc) is 3.33. The van der Waals surface area contributed by atoms with E-state index >= 15 is 0 Å². The van der Waals surface area contributed by atoms with Gasteiger partial charge >= 0.3 is 0 Å². The number of nitrogens with zero attached hydrogens (tertiary/aromatic N) is 5. The van der Waals surface area contributed by atoms with Crippen LogP contribution in [-0.2, 0) is 13.0 Å². The zero-order valence-electron chi connectivity index (χ0n) is 13.7. The number of hydrogen-bond donors (Lipinski definition) is 1. The molecule has 26 heavy (non-hydrogen) atoms. The van der Waals surface area contributed by atoms with Crippen LogP contribution in [0.25, 0.3) is 22.5 Å². The molecule has 5 heterocycles. The lowest BCUT2D eigenvalue weighted by Crippen LogP contribution is -2.36. The van der Waals surface area contributed by atoms with E-state index in [1.54, 1.807) is 29.6 Å². The van der Waals surface area contributed by atoms with Gasteiger partial charge in [-0.25, -0.2) is 9.97 Å². The normalized spacial score (nSPS) is 13.8. The minimum atomic E-state index is -0.127. The van der Waals surface area contributed by atoms with Crippen molar-refractivity contribution < 1.29 is 9.21 Å². The van der Waals surface area contributed by atoms with Crippen LogP contribution in [0, 0.1) is 0 Å². The van der Waals surface area contributed by atoms with E-state index < -0.39 is 0 Å². The zero-order chi connectivity index (χ0) is 17.5. The van der Waals surface area contributed by atoms with Gasteiger partial charge in [-0.1, -0.05) is 0 Å². The number of aromatic amines is 1. The third kappa shape index (κ3) is 2.43. The number of hydrogen-bond acceptors (Lipinski definition) is 6. The fourth-order valence-electron chi connectivity index (χ4n) is 3.09. The van der Waals surface area contributed by atoms with E-state index in [4.69, 9.17) is 4.42 Å². The van der Waals surface area contributed by atoms with E-state index in [1.807, 2.05) is 18.2 Å². The van der Waals surface area contributed by atoms with Gasteiger partial charge in [0.1, 0.15) is 17.1 Å². The Morgan fingerprint density at radius 1 is 1.19 bits per heavy atom. The van der Waals surface area contributed by atoms with E-state index in [-0.39, 0.29) is 5.91 Å². The van der Waals surface area contributed by atoms with Crippen molar-refractivity contribution in [2.45, 2.75) is 13.0 Å². The third-order valence-electron chi connectivity index (χ3n) is 4.44. The molecule has 5 rings (SSSR count). The van der Waals surface area contributed by atoms with Crippen molar-refractivity contribution >= 4 is 16.9 Å². The number of carbonyl (C=O) groups is 1. The van der Waals surface area contributed by atoms with Gasteiger partial charge in [0.25, 0.3) is 5.91 Å². The maximum absolute atomic E-state index is 12.8. The molecule has 8 heteroatoms. The Kier molecular flexibility index (Phi) is 3.27. The van der Waals surface area contributed by atoms with Crippen molar-refractivity contribution in [3.05, 3.63) is 60.0 Å². The van der Waals surface area contributed by atoms with Crippen LogP contribution in [0.3, 0.4) is 0 Å². The smallest absolute Gasteiger partial charge is 0.272 e. The van der Waals surface area contributed by atoms with Crippen molar-refractivity contribution in [2.24, 2.45) is 0 Å². The molecule has 1 amide bonds. The Labute approximate surface area is 147 Å². The first kappa shape index (κ1) is 14.8. The zero-order valence-corrected chi connectivity index (χ0v) is 13.7. The third-order valence-corrected chi connectivity index (χ3v) is 4.44. The maximum atomic E-state index is 12.8. The van der Waals surface area contributed by atoms with Gasteiger partial charge in [-0.3, -0.25) is 14.9 Å². The van der Waals surface area contributed by atoms with Crippen molar-refractivity contribution in [3.8, 4) is 11.5 Å². The second-order valence-corrected chi connectivity index (χ2v) is 6.11. The molecule has 0 aromatic carbocycles. The maximum Gasteiger partial charge on any atom is 0.272 e. The number of amides is 1. The Hall–Kier alpha value is -3.55. The molecular formula is C18H14N6O2. The summed E-state index contributed by atoms with van der Waals surface area (Å²) in [7, 11) is 0. The number of carbonyl (C=O) groups excluding carboxylic acids is 1. The fraction of sp³-hybridized carbons (Fsp3) is 0.167. The highest BCUT2D eigenvalue weighted by molar-refractivity contribution is 5.94.